The summed E-state index contributed by atoms with van der Waals surface area (Å²) in [7, 11) is -4.01. The van der Waals surface area contributed by atoms with Gasteiger partial charge in [0.15, 0.2) is 5.82 Å². The monoisotopic (exact) mass is 450 g/mol. The molecular weight excluding hydrogens is 423 g/mol. The highest BCUT2D eigenvalue weighted by Gasteiger charge is 2.32. The zero-order valence-electron chi connectivity index (χ0n) is 18.0. The van der Waals surface area contributed by atoms with E-state index >= 15 is 0 Å². The van der Waals surface area contributed by atoms with Crippen LogP contribution in [0.5, 0.6) is 5.75 Å². The number of ether oxygens (including phenoxy) is 2. The smallest absolute Gasteiger partial charge is 0.410 e. The van der Waals surface area contributed by atoms with E-state index in [9.17, 15) is 17.6 Å². The third-order valence-electron chi connectivity index (χ3n) is 4.63. The van der Waals surface area contributed by atoms with Crippen molar-refractivity contribution in [3.05, 3.63) is 53.8 Å². The quantitative estimate of drug-likeness (QED) is 0.733. The minimum absolute atomic E-state index is 0.0178. The number of sulfonamides is 1. The molecule has 1 aliphatic rings. The summed E-state index contributed by atoms with van der Waals surface area (Å²) in [5.41, 5.74) is 0.0310. The number of hydrogen-bond acceptors (Lipinski definition) is 5. The van der Waals surface area contributed by atoms with Gasteiger partial charge in [-0.15, -0.1) is 0 Å². The van der Waals surface area contributed by atoms with Crippen molar-refractivity contribution >= 4 is 21.8 Å². The van der Waals surface area contributed by atoms with Crippen LogP contribution in [0.25, 0.3) is 0 Å². The lowest BCUT2D eigenvalue weighted by Crippen LogP contribution is -2.36. The molecule has 0 aromatic heterocycles. The molecule has 2 aromatic rings. The van der Waals surface area contributed by atoms with Crippen LogP contribution < -0.4 is 9.46 Å². The summed E-state index contributed by atoms with van der Waals surface area (Å²) >= 11 is 0. The van der Waals surface area contributed by atoms with Gasteiger partial charge in [0, 0.05) is 13.0 Å². The molecule has 0 aliphatic carbocycles. The number of rotatable bonds is 5. The van der Waals surface area contributed by atoms with E-state index in [4.69, 9.17) is 9.47 Å². The fourth-order valence-corrected chi connectivity index (χ4v) is 4.19. The minimum Gasteiger partial charge on any atom is -0.486 e. The van der Waals surface area contributed by atoms with Crippen molar-refractivity contribution in [1.82, 2.24) is 4.90 Å². The highest BCUT2D eigenvalue weighted by atomic mass is 32.2. The number of amides is 1. The fourth-order valence-electron chi connectivity index (χ4n) is 3.11. The minimum atomic E-state index is -4.01. The molecule has 168 valence electrons. The van der Waals surface area contributed by atoms with E-state index in [0.29, 0.717) is 13.0 Å². The number of nitrogens with zero attached hydrogens (tertiary/aromatic N) is 1. The summed E-state index contributed by atoms with van der Waals surface area (Å²) in [5.74, 6) is -0.693. The lowest BCUT2D eigenvalue weighted by Gasteiger charge is -2.24. The van der Waals surface area contributed by atoms with Crippen LogP contribution in [0.3, 0.4) is 0 Å². The number of halogens is 1. The van der Waals surface area contributed by atoms with E-state index in [1.54, 1.807) is 32.9 Å². The fraction of sp³-hybridized carbons (Fsp3) is 0.409. The van der Waals surface area contributed by atoms with Gasteiger partial charge in [0.2, 0.25) is 0 Å². The molecule has 9 heteroatoms. The average Bonchev–Trinajstić information content (AvgIpc) is 3.12. The van der Waals surface area contributed by atoms with Gasteiger partial charge in [-0.2, -0.15) is 0 Å². The number of hydrogen-bond donors (Lipinski definition) is 1. The van der Waals surface area contributed by atoms with Crippen LogP contribution in [0.4, 0.5) is 14.9 Å². The first-order valence-corrected chi connectivity index (χ1v) is 11.5. The second-order valence-corrected chi connectivity index (χ2v) is 10.2. The Morgan fingerprint density at radius 2 is 1.84 bits per heavy atom. The third-order valence-corrected chi connectivity index (χ3v) is 6.00. The Morgan fingerprint density at radius 3 is 2.48 bits per heavy atom. The van der Waals surface area contributed by atoms with Gasteiger partial charge in [-0.1, -0.05) is 23.8 Å². The van der Waals surface area contributed by atoms with Crippen LogP contribution >= 0.6 is 0 Å². The zero-order chi connectivity index (χ0) is 22.8. The van der Waals surface area contributed by atoms with Gasteiger partial charge >= 0.3 is 6.09 Å². The molecule has 1 aliphatic heterocycles. The van der Waals surface area contributed by atoms with Crippen LogP contribution in [-0.4, -0.2) is 44.2 Å². The van der Waals surface area contributed by atoms with Gasteiger partial charge in [0.05, 0.1) is 11.4 Å². The Hall–Kier alpha value is -2.81. The predicted octanol–water partition coefficient (Wildman–Crippen LogP) is 4.32. The Morgan fingerprint density at radius 1 is 1.16 bits per heavy atom. The van der Waals surface area contributed by atoms with E-state index in [-0.39, 0.29) is 22.9 Å². The van der Waals surface area contributed by atoms with Crippen molar-refractivity contribution in [1.29, 1.82) is 0 Å². The maximum absolute atomic E-state index is 14.5. The van der Waals surface area contributed by atoms with E-state index < -0.39 is 33.6 Å². The number of anilines is 1. The number of nitrogens with one attached hydrogen (secondary N) is 1. The SMILES string of the molecule is Cc1ccc(S(=O)(=O)Nc2c(F)cccc2OC2CCN(C(=O)OC(C)(C)C)C2)cc1. The molecule has 0 spiro atoms. The van der Waals surface area contributed by atoms with Crippen LogP contribution in [0.1, 0.15) is 32.8 Å². The number of likely N-dealkylation sites (tertiary alicyclic amines) is 1. The van der Waals surface area contributed by atoms with E-state index in [1.165, 1.54) is 29.2 Å². The Labute approximate surface area is 182 Å². The van der Waals surface area contributed by atoms with Crippen molar-refractivity contribution in [2.75, 3.05) is 17.8 Å². The third kappa shape index (κ3) is 5.88. The number of benzene rings is 2. The van der Waals surface area contributed by atoms with Crippen molar-refractivity contribution in [3.63, 3.8) is 0 Å². The van der Waals surface area contributed by atoms with Gasteiger partial charge in [-0.05, 0) is 52.0 Å². The van der Waals surface area contributed by atoms with E-state index in [2.05, 4.69) is 4.72 Å². The molecule has 1 atom stereocenters. The first-order valence-electron chi connectivity index (χ1n) is 9.97. The van der Waals surface area contributed by atoms with Crippen molar-refractivity contribution in [3.8, 4) is 5.75 Å². The maximum atomic E-state index is 14.5. The largest absolute Gasteiger partial charge is 0.486 e. The van der Waals surface area contributed by atoms with Crippen molar-refractivity contribution in [2.45, 2.75) is 50.7 Å². The second-order valence-electron chi connectivity index (χ2n) is 8.49. The molecule has 7 nitrogen and oxygen atoms in total. The van der Waals surface area contributed by atoms with Crippen LogP contribution in [-0.2, 0) is 14.8 Å². The molecule has 1 heterocycles. The van der Waals surface area contributed by atoms with Crippen LogP contribution in [0.2, 0.25) is 0 Å². The molecule has 1 unspecified atom stereocenters. The Kier molecular flexibility index (Phi) is 6.45. The van der Waals surface area contributed by atoms with Crippen LogP contribution in [0, 0.1) is 12.7 Å². The van der Waals surface area contributed by atoms with E-state index in [1.807, 2.05) is 6.92 Å². The Balaban J connectivity index is 1.75. The summed E-state index contributed by atoms with van der Waals surface area (Å²) in [6, 6.07) is 10.3. The van der Waals surface area contributed by atoms with Gasteiger partial charge < -0.3 is 14.4 Å². The van der Waals surface area contributed by atoms with Gasteiger partial charge in [-0.3, -0.25) is 4.72 Å². The highest BCUT2D eigenvalue weighted by Crippen LogP contribution is 2.32. The molecule has 1 N–H and O–H groups in total. The summed E-state index contributed by atoms with van der Waals surface area (Å²) in [6.07, 6.45) is -0.352. The standard InChI is InChI=1S/C22H27FN2O5S/c1-15-8-10-17(11-9-15)31(27,28)24-20-18(23)6-5-7-19(20)29-16-12-13-25(14-16)21(26)30-22(2,3)4/h5-11,16,24H,12-14H2,1-4H3. The number of carbonyl (C=O) groups excluding carboxylic acids is 1. The number of para-hydroxylation sites is 1. The van der Waals surface area contributed by atoms with Crippen molar-refractivity contribution < 1.29 is 27.1 Å². The van der Waals surface area contributed by atoms with Crippen molar-refractivity contribution in [2.24, 2.45) is 0 Å². The Bertz CT molecular complexity index is 1050. The van der Waals surface area contributed by atoms with Crippen LogP contribution in [0.15, 0.2) is 47.4 Å². The van der Waals surface area contributed by atoms with E-state index in [0.717, 1.165) is 11.6 Å². The molecule has 0 bridgehead atoms. The van der Waals surface area contributed by atoms with Gasteiger partial charge in [0.1, 0.15) is 23.1 Å². The molecule has 2 aromatic carbocycles. The number of aryl methyl sites for hydroxylation is 1. The molecule has 1 saturated heterocycles. The van der Waals surface area contributed by atoms with Gasteiger partial charge in [0.25, 0.3) is 10.0 Å². The highest BCUT2D eigenvalue weighted by molar-refractivity contribution is 7.92. The zero-order valence-corrected chi connectivity index (χ0v) is 18.8. The summed E-state index contributed by atoms with van der Waals surface area (Å²) < 4.78 is 53.5. The lowest BCUT2D eigenvalue weighted by molar-refractivity contribution is 0.0276. The van der Waals surface area contributed by atoms with Gasteiger partial charge in [-0.25, -0.2) is 17.6 Å². The summed E-state index contributed by atoms with van der Waals surface area (Å²) in [4.78, 5) is 13.8. The normalized spacial score (nSPS) is 16.8. The first kappa shape index (κ1) is 22.9. The lowest BCUT2D eigenvalue weighted by atomic mass is 10.2. The molecular formula is C22H27FN2O5S. The summed E-state index contributed by atoms with van der Waals surface area (Å²) in [5, 5.41) is 0. The molecule has 3 rings (SSSR count). The molecule has 0 radical (unpaired) electrons. The maximum Gasteiger partial charge on any atom is 0.410 e. The topological polar surface area (TPSA) is 84.9 Å². The second kappa shape index (κ2) is 8.74. The molecule has 31 heavy (non-hydrogen) atoms. The average molecular weight is 451 g/mol. The predicted molar refractivity (Wildman–Crippen MR) is 115 cm³/mol. The molecule has 0 saturated carbocycles. The molecule has 1 amide bonds. The summed E-state index contributed by atoms with van der Waals surface area (Å²) in [6.45, 7) is 7.89. The molecule has 1 fully saturated rings. The first-order chi connectivity index (χ1) is 14.4. The number of carbonyl (C=O) groups is 1.